The van der Waals surface area contributed by atoms with Crippen molar-refractivity contribution >= 4 is 0 Å². The third-order valence-corrected chi connectivity index (χ3v) is 1.56. The van der Waals surface area contributed by atoms with Gasteiger partial charge in [0, 0.05) is 0 Å². The Bertz CT molecular complexity index is 297. The van der Waals surface area contributed by atoms with Crippen LogP contribution >= 0.6 is 0 Å². The fraction of sp³-hybridized carbons (Fsp3) is 0.250. The fourth-order valence-electron chi connectivity index (χ4n) is 0.845. The van der Waals surface area contributed by atoms with E-state index < -0.39 is 23.6 Å². The van der Waals surface area contributed by atoms with E-state index in [2.05, 4.69) is 0 Å². The van der Waals surface area contributed by atoms with Crippen LogP contribution in [0.25, 0.3) is 0 Å². The van der Waals surface area contributed by atoms with Gasteiger partial charge in [-0.15, -0.1) is 0 Å². The second-order valence-corrected chi connectivity index (χ2v) is 2.44. The first-order chi connectivity index (χ1) is 5.54. The summed E-state index contributed by atoms with van der Waals surface area (Å²) in [6, 6.07) is 2.22. The van der Waals surface area contributed by atoms with Crippen molar-refractivity contribution in [2.24, 2.45) is 0 Å². The molecule has 1 rings (SSSR count). The van der Waals surface area contributed by atoms with Gasteiger partial charge in [0.25, 0.3) is 0 Å². The lowest BCUT2D eigenvalue weighted by Gasteiger charge is -2.05. The highest BCUT2D eigenvalue weighted by atomic mass is 19.2. The maximum Gasteiger partial charge on any atom is 0.225 e. The molecule has 0 heterocycles. The summed E-state index contributed by atoms with van der Waals surface area (Å²) in [6.45, 7) is 1.35. The van der Waals surface area contributed by atoms with Gasteiger partial charge >= 0.3 is 0 Å². The summed E-state index contributed by atoms with van der Waals surface area (Å²) in [5, 5.41) is 8.35. The van der Waals surface area contributed by atoms with Crippen molar-refractivity contribution in [2.45, 2.75) is 13.3 Å². The second-order valence-electron chi connectivity index (χ2n) is 2.44. The van der Waals surface area contributed by atoms with Crippen molar-refractivity contribution in [1.29, 1.82) is 0 Å². The summed E-state index contributed by atoms with van der Waals surface area (Å²) >= 11 is 0. The summed E-state index contributed by atoms with van der Waals surface area (Å²) in [6.07, 6.45) is -2.47. The zero-order valence-electron chi connectivity index (χ0n) is 6.31. The van der Waals surface area contributed by atoms with Gasteiger partial charge in [-0.05, 0) is 12.5 Å². The third kappa shape index (κ3) is 1.43. The Hall–Kier alpha value is -1.03. The molecule has 0 amide bonds. The van der Waals surface area contributed by atoms with E-state index in [4.69, 9.17) is 5.11 Å². The van der Waals surface area contributed by atoms with Gasteiger partial charge in [-0.25, -0.2) is 13.2 Å². The van der Waals surface area contributed by atoms with Gasteiger partial charge in [-0.1, -0.05) is 12.1 Å². The van der Waals surface area contributed by atoms with E-state index in [1.165, 1.54) is 13.0 Å². The lowest BCUT2D eigenvalue weighted by atomic mass is 10.1. The highest BCUT2D eigenvalue weighted by Gasteiger charge is 2.16. The molecule has 12 heavy (non-hydrogen) atoms. The maximum atomic E-state index is 12.7. The zero-order valence-corrected chi connectivity index (χ0v) is 6.31. The van der Waals surface area contributed by atoms with Gasteiger partial charge in [-0.3, -0.25) is 0 Å². The summed E-state index contributed by atoms with van der Waals surface area (Å²) < 4.78 is 37.6. The van der Waals surface area contributed by atoms with Crippen LogP contribution < -0.4 is 0 Å². The molecule has 1 aromatic rings. The minimum atomic E-state index is -2.47. The zero-order chi connectivity index (χ0) is 9.30. The van der Waals surface area contributed by atoms with Gasteiger partial charge in [-0.2, -0.15) is 0 Å². The molecule has 0 saturated heterocycles. The van der Waals surface area contributed by atoms with Crippen LogP contribution in [0.1, 0.15) is 17.5 Å². The van der Waals surface area contributed by atoms with Gasteiger partial charge in [0.05, 0.1) is 5.56 Å². The average molecular weight is 176 g/mol. The van der Waals surface area contributed by atoms with Crippen molar-refractivity contribution in [3.05, 3.63) is 34.9 Å². The van der Waals surface area contributed by atoms with Crippen LogP contribution in [-0.4, -0.2) is 5.11 Å². The number of aryl methyl sites for hydroxylation is 1. The van der Waals surface area contributed by atoms with Gasteiger partial charge < -0.3 is 5.11 Å². The van der Waals surface area contributed by atoms with Crippen molar-refractivity contribution < 1.29 is 18.3 Å². The Morgan fingerprint density at radius 2 is 1.83 bits per heavy atom. The Labute approximate surface area is 67.5 Å². The molecule has 1 N–H and O–H groups in total. The predicted octanol–water partition coefficient (Wildman–Crippen LogP) is 2.23. The first-order valence-corrected chi connectivity index (χ1v) is 3.30. The van der Waals surface area contributed by atoms with Crippen molar-refractivity contribution in [1.82, 2.24) is 0 Å². The molecule has 0 aliphatic rings. The number of rotatable bonds is 1. The molecule has 0 saturated carbocycles. The largest absolute Gasteiger partial charge is 0.360 e. The maximum absolute atomic E-state index is 12.7. The summed E-state index contributed by atoms with van der Waals surface area (Å²) in [5.74, 6) is -2.45. The van der Waals surface area contributed by atoms with E-state index >= 15 is 0 Å². The van der Waals surface area contributed by atoms with Crippen LogP contribution in [-0.2, 0) is 0 Å². The fourth-order valence-corrected chi connectivity index (χ4v) is 0.845. The SMILES string of the molecule is Cc1ccc(C(O)F)c(F)c1F. The molecule has 66 valence electrons. The molecule has 1 aromatic carbocycles. The molecule has 0 bridgehead atoms. The molecule has 1 atom stereocenters. The lowest BCUT2D eigenvalue weighted by Crippen LogP contribution is -1.99. The van der Waals surface area contributed by atoms with Crippen LogP contribution in [0.3, 0.4) is 0 Å². The Kier molecular flexibility index (Phi) is 2.38. The number of hydrogen-bond acceptors (Lipinski definition) is 1. The third-order valence-electron chi connectivity index (χ3n) is 1.56. The normalized spacial score (nSPS) is 13.1. The molecule has 1 nitrogen and oxygen atoms in total. The highest BCUT2D eigenvalue weighted by Crippen LogP contribution is 2.21. The minimum absolute atomic E-state index is 0.0805. The van der Waals surface area contributed by atoms with Crippen LogP contribution in [0.15, 0.2) is 12.1 Å². The van der Waals surface area contributed by atoms with Gasteiger partial charge in [0.2, 0.25) is 6.36 Å². The Morgan fingerprint density at radius 3 is 2.33 bits per heavy atom. The lowest BCUT2D eigenvalue weighted by molar-refractivity contribution is 0.0372. The standard InChI is InChI=1S/C8H7F3O/c1-4-2-3-5(8(11)12)7(10)6(4)9/h2-3,8,12H,1H3. The van der Waals surface area contributed by atoms with Crippen LogP contribution in [0.4, 0.5) is 13.2 Å². The van der Waals surface area contributed by atoms with Gasteiger partial charge in [0.15, 0.2) is 11.6 Å². The molecular weight excluding hydrogens is 169 g/mol. The first-order valence-electron chi connectivity index (χ1n) is 3.30. The number of halogens is 3. The van der Waals surface area contributed by atoms with Crippen LogP contribution in [0.2, 0.25) is 0 Å². The molecule has 4 heteroatoms. The summed E-state index contributed by atoms with van der Waals surface area (Å²) in [4.78, 5) is 0. The number of aliphatic hydroxyl groups is 1. The molecule has 0 aromatic heterocycles. The molecule has 0 aliphatic carbocycles. The van der Waals surface area contributed by atoms with Crippen LogP contribution in [0.5, 0.6) is 0 Å². The number of alkyl halides is 1. The van der Waals surface area contributed by atoms with Crippen molar-refractivity contribution in [3.8, 4) is 0 Å². The molecule has 0 radical (unpaired) electrons. The van der Waals surface area contributed by atoms with E-state index in [1.807, 2.05) is 0 Å². The number of aliphatic hydroxyl groups excluding tert-OH is 1. The van der Waals surface area contributed by atoms with E-state index in [0.717, 1.165) is 6.07 Å². The molecular formula is C8H7F3O. The summed E-state index contributed by atoms with van der Waals surface area (Å²) in [7, 11) is 0. The second kappa shape index (κ2) is 3.15. The minimum Gasteiger partial charge on any atom is -0.360 e. The molecule has 1 unspecified atom stereocenters. The van der Waals surface area contributed by atoms with E-state index in [1.54, 1.807) is 0 Å². The molecule has 0 aliphatic heterocycles. The Balaban J connectivity index is 3.27. The van der Waals surface area contributed by atoms with Crippen LogP contribution in [0, 0.1) is 18.6 Å². The highest BCUT2D eigenvalue weighted by molar-refractivity contribution is 5.25. The van der Waals surface area contributed by atoms with E-state index in [0.29, 0.717) is 0 Å². The first kappa shape index (κ1) is 9.06. The number of hydrogen-bond donors (Lipinski definition) is 1. The van der Waals surface area contributed by atoms with E-state index in [-0.39, 0.29) is 5.56 Å². The average Bonchev–Trinajstić information content (AvgIpc) is 2.00. The molecule has 0 fully saturated rings. The number of benzene rings is 1. The van der Waals surface area contributed by atoms with E-state index in [9.17, 15) is 13.2 Å². The predicted molar refractivity (Wildman–Crippen MR) is 37.2 cm³/mol. The smallest absolute Gasteiger partial charge is 0.225 e. The quantitative estimate of drug-likeness (QED) is 0.695. The summed E-state index contributed by atoms with van der Waals surface area (Å²) in [5.41, 5.74) is -0.588. The van der Waals surface area contributed by atoms with Gasteiger partial charge in [0.1, 0.15) is 0 Å². The van der Waals surface area contributed by atoms with Crippen molar-refractivity contribution in [3.63, 3.8) is 0 Å². The topological polar surface area (TPSA) is 20.2 Å². The van der Waals surface area contributed by atoms with Crippen molar-refractivity contribution in [2.75, 3.05) is 0 Å². The Morgan fingerprint density at radius 1 is 1.25 bits per heavy atom. The molecule has 0 spiro atoms. The monoisotopic (exact) mass is 176 g/mol.